The van der Waals surface area contributed by atoms with Gasteiger partial charge in [-0.25, -0.2) is 0 Å². The Kier molecular flexibility index (Phi) is 4.12. The van der Waals surface area contributed by atoms with E-state index in [0.29, 0.717) is 0 Å². The van der Waals surface area contributed by atoms with Gasteiger partial charge >= 0.3 is 0 Å². The smallest absolute Gasteiger partial charge is 0.137 e. The van der Waals surface area contributed by atoms with Gasteiger partial charge in [0.25, 0.3) is 0 Å². The van der Waals surface area contributed by atoms with Gasteiger partial charge in [-0.15, -0.1) is 0 Å². The average molecular weight is 257 g/mol. The summed E-state index contributed by atoms with van der Waals surface area (Å²) in [7, 11) is 3.59. The Labute approximate surface area is 113 Å². The molecule has 0 saturated heterocycles. The summed E-state index contributed by atoms with van der Waals surface area (Å²) in [5.41, 5.74) is 4.30. The molecule has 4 nitrogen and oxygen atoms in total. The fourth-order valence-electron chi connectivity index (χ4n) is 2.26. The highest BCUT2D eigenvalue weighted by atomic mass is 16.5. The van der Waals surface area contributed by atoms with Crippen LogP contribution >= 0.6 is 0 Å². The molecule has 19 heavy (non-hydrogen) atoms. The van der Waals surface area contributed by atoms with Gasteiger partial charge in [-0.2, -0.15) is 0 Å². The van der Waals surface area contributed by atoms with Crippen LogP contribution in [0.15, 0.2) is 30.6 Å². The van der Waals surface area contributed by atoms with Crippen LogP contribution in [0.2, 0.25) is 0 Å². The first-order valence-electron chi connectivity index (χ1n) is 6.25. The second-order valence-corrected chi connectivity index (χ2v) is 4.56. The van der Waals surface area contributed by atoms with E-state index in [4.69, 9.17) is 4.74 Å². The molecular formula is C15H19N3O. The lowest BCUT2D eigenvalue weighted by molar-refractivity contribution is 0.411. The third kappa shape index (κ3) is 3.09. The molecule has 4 heteroatoms. The van der Waals surface area contributed by atoms with Crippen LogP contribution in [0.25, 0.3) is 0 Å². The monoisotopic (exact) mass is 257 g/mol. The second kappa shape index (κ2) is 5.80. The number of hydrogen-bond acceptors (Lipinski definition) is 4. The maximum absolute atomic E-state index is 5.23. The first-order chi connectivity index (χ1) is 9.13. The first kappa shape index (κ1) is 13.5. The third-order valence-electron chi connectivity index (χ3n) is 3.03. The average Bonchev–Trinajstić information content (AvgIpc) is 2.39. The fraction of sp³-hybridized carbons (Fsp3) is 0.333. The van der Waals surface area contributed by atoms with E-state index in [1.54, 1.807) is 13.3 Å². The molecule has 0 aliphatic carbocycles. The van der Waals surface area contributed by atoms with Crippen molar-refractivity contribution in [3.8, 4) is 5.75 Å². The Hall–Kier alpha value is -1.94. The van der Waals surface area contributed by atoms with Crippen LogP contribution in [0.1, 0.15) is 28.6 Å². The van der Waals surface area contributed by atoms with Gasteiger partial charge in [0.05, 0.1) is 19.3 Å². The van der Waals surface area contributed by atoms with E-state index in [9.17, 15) is 0 Å². The number of rotatable bonds is 4. The van der Waals surface area contributed by atoms with Crippen molar-refractivity contribution in [2.45, 2.75) is 19.9 Å². The molecule has 2 heterocycles. The zero-order valence-electron chi connectivity index (χ0n) is 11.8. The Morgan fingerprint density at radius 2 is 1.74 bits per heavy atom. The Bertz CT molecular complexity index is 549. The number of nitrogens with one attached hydrogen (secondary N) is 1. The fourth-order valence-corrected chi connectivity index (χ4v) is 2.26. The Morgan fingerprint density at radius 1 is 1.05 bits per heavy atom. The lowest BCUT2D eigenvalue weighted by Gasteiger charge is -2.18. The van der Waals surface area contributed by atoms with Crippen molar-refractivity contribution in [2.75, 3.05) is 14.2 Å². The first-order valence-corrected chi connectivity index (χ1v) is 6.25. The molecule has 2 aromatic heterocycles. The van der Waals surface area contributed by atoms with Crippen LogP contribution in [0, 0.1) is 13.8 Å². The Balaban J connectivity index is 2.43. The van der Waals surface area contributed by atoms with Gasteiger partial charge in [0.15, 0.2) is 0 Å². The molecule has 1 N–H and O–H groups in total. The second-order valence-electron chi connectivity index (χ2n) is 4.56. The molecule has 0 aromatic carbocycles. The van der Waals surface area contributed by atoms with Crippen LogP contribution in [0.5, 0.6) is 5.75 Å². The van der Waals surface area contributed by atoms with Gasteiger partial charge in [0, 0.05) is 17.6 Å². The van der Waals surface area contributed by atoms with Crippen LogP contribution < -0.4 is 10.1 Å². The molecule has 0 spiro atoms. The molecule has 1 atom stereocenters. The number of methoxy groups -OCH3 is 1. The number of aryl methyl sites for hydroxylation is 2. The van der Waals surface area contributed by atoms with Crippen LogP contribution in [-0.2, 0) is 0 Å². The molecule has 0 aliphatic heterocycles. The normalized spacial score (nSPS) is 12.2. The van der Waals surface area contributed by atoms with Crippen molar-refractivity contribution in [3.05, 3.63) is 53.1 Å². The van der Waals surface area contributed by atoms with E-state index in [1.165, 1.54) is 5.56 Å². The van der Waals surface area contributed by atoms with E-state index in [2.05, 4.69) is 27.4 Å². The number of aromatic nitrogens is 2. The standard InChI is InChI=1S/C15H19N3O/c1-10-5-12(6-11(2)18-10)15(16-3)13-7-14(19-4)9-17-8-13/h5-9,15-16H,1-4H3. The van der Waals surface area contributed by atoms with E-state index < -0.39 is 0 Å². The number of pyridine rings is 2. The van der Waals surface area contributed by atoms with Gasteiger partial charge in [0.1, 0.15) is 5.75 Å². The predicted molar refractivity (Wildman–Crippen MR) is 75.4 cm³/mol. The van der Waals surface area contributed by atoms with Gasteiger partial charge in [-0.3, -0.25) is 9.97 Å². The molecule has 0 amide bonds. The van der Waals surface area contributed by atoms with Crippen molar-refractivity contribution in [1.82, 2.24) is 15.3 Å². The minimum Gasteiger partial charge on any atom is -0.495 e. The minimum atomic E-state index is 0.0861. The molecule has 0 radical (unpaired) electrons. The lowest BCUT2D eigenvalue weighted by Crippen LogP contribution is -2.18. The summed E-state index contributed by atoms with van der Waals surface area (Å²) in [5.74, 6) is 0.764. The summed E-state index contributed by atoms with van der Waals surface area (Å²) >= 11 is 0. The molecule has 0 aliphatic rings. The van der Waals surface area contributed by atoms with Crippen molar-refractivity contribution in [1.29, 1.82) is 0 Å². The quantitative estimate of drug-likeness (QED) is 0.913. The number of hydrogen-bond donors (Lipinski definition) is 1. The topological polar surface area (TPSA) is 47.0 Å². The summed E-state index contributed by atoms with van der Waals surface area (Å²) < 4.78 is 5.23. The maximum Gasteiger partial charge on any atom is 0.137 e. The van der Waals surface area contributed by atoms with E-state index in [-0.39, 0.29) is 6.04 Å². The zero-order chi connectivity index (χ0) is 13.8. The van der Waals surface area contributed by atoms with Gasteiger partial charge in [-0.1, -0.05) is 0 Å². The molecule has 1 unspecified atom stereocenters. The molecule has 100 valence electrons. The number of ether oxygens (including phenoxy) is 1. The zero-order valence-corrected chi connectivity index (χ0v) is 11.8. The molecule has 0 fully saturated rings. The number of nitrogens with zero attached hydrogens (tertiary/aromatic N) is 2. The molecular weight excluding hydrogens is 238 g/mol. The molecule has 2 rings (SSSR count). The van der Waals surface area contributed by atoms with Crippen molar-refractivity contribution in [3.63, 3.8) is 0 Å². The lowest BCUT2D eigenvalue weighted by atomic mass is 9.99. The van der Waals surface area contributed by atoms with E-state index in [1.807, 2.05) is 33.2 Å². The molecule has 2 aromatic rings. The summed E-state index contributed by atoms with van der Waals surface area (Å²) in [4.78, 5) is 8.62. The van der Waals surface area contributed by atoms with Crippen molar-refractivity contribution >= 4 is 0 Å². The summed E-state index contributed by atoms with van der Waals surface area (Å²) in [6, 6.07) is 6.27. The molecule has 0 saturated carbocycles. The third-order valence-corrected chi connectivity index (χ3v) is 3.03. The highest BCUT2D eigenvalue weighted by molar-refractivity contribution is 5.35. The molecule has 0 bridgehead atoms. The van der Waals surface area contributed by atoms with Crippen molar-refractivity contribution in [2.24, 2.45) is 0 Å². The van der Waals surface area contributed by atoms with Gasteiger partial charge < -0.3 is 10.1 Å². The highest BCUT2D eigenvalue weighted by Crippen LogP contribution is 2.24. The van der Waals surface area contributed by atoms with Crippen LogP contribution in [0.4, 0.5) is 0 Å². The summed E-state index contributed by atoms with van der Waals surface area (Å²) in [5, 5.41) is 3.32. The SMILES string of the molecule is CNC(c1cncc(OC)c1)c1cc(C)nc(C)c1. The highest BCUT2D eigenvalue weighted by Gasteiger charge is 2.14. The maximum atomic E-state index is 5.23. The summed E-state index contributed by atoms with van der Waals surface area (Å²) in [6.45, 7) is 4.01. The van der Waals surface area contributed by atoms with Crippen LogP contribution in [0.3, 0.4) is 0 Å². The summed E-state index contributed by atoms with van der Waals surface area (Å²) in [6.07, 6.45) is 3.56. The van der Waals surface area contributed by atoms with Crippen LogP contribution in [-0.4, -0.2) is 24.1 Å². The van der Waals surface area contributed by atoms with Gasteiger partial charge in [-0.05, 0) is 50.2 Å². The van der Waals surface area contributed by atoms with Crippen molar-refractivity contribution < 1.29 is 4.74 Å². The largest absolute Gasteiger partial charge is 0.495 e. The van der Waals surface area contributed by atoms with E-state index >= 15 is 0 Å². The predicted octanol–water partition coefficient (Wildman–Crippen LogP) is 2.41. The van der Waals surface area contributed by atoms with Gasteiger partial charge in [0.2, 0.25) is 0 Å². The minimum absolute atomic E-state index is 0.0861. The Morgan fingerprint density at radius 3 is 2.32 bits per heavy atom. The van der Waals surface area contributed by atoms with E-state index in [0.717, 1.165) is 22.7 Å².